The van der Waals surface area contributed by atoms with Crippen LogP contribution in [0, 0.1) is 0 Å². The van der Waals surface area contributed by atoms with Crippen molar-refractivity contribution in [2.24, 2.45) is 0 Å². The fourth-order valence-electron chi connectivity index (χ4n) is 0.460. The summed E-state index contributed by atoms with van der Waals surface area (Å²) in [7, 11) is 2.87. The smallest absolute Gasteiger partial charge is 0.337 e. The van der Waals surface area contributed by atoms with Gasteiger partial charge < -0.3 is 5.32 Å². The molecule has 0 spiro atoms. The summed E-state index contributed by atoms with van der Waals surface area (Å²) in [5, 5.41) is 3.17. The SMILES string of the molecule is CCCON(OC)C(=O)NC. The first-order chi connectivity index (χ1) is 5.26. The monoisotopic (exact) mass is 162 g/mol. The molecule has 2 amide bonds. The van der Waals surface area contributed by atoms with Crippen LogP contribution < -0.4 is 5.32 Å². The number of hydroxylamine groups is 2. The molecule has 5 nitrogen and oxygen atoms in total. The topological polar surface area (TPSA) is 50.8 Å². The van der Waals surface area contributed by atoms with Crippen molar-refractivity contribution < 1.29 is 14.5 Å². The molecule has 0 heterocycles. The molecule has 0 aromatic carbocycles. The molecule has 1 N–H and O–H groups in total. The van der Waals surface area contributed by atoms with Gasteiger partial charge in [-0.1, -0.05) is 12.2 Å². The van der Waals surface area contributed by atoms with Crippen LogP contribution in [0.25, 0.3) is 0 Å². The molecule has 0 atom stereocenters. The molecule has 0 aromatic rings. The predicted molar refractivity (Wildman–Crippen MR) is 39.5 cm³/mol. The van der Waals surface area contributed by atoms with Gasteiger partial charge in [0.05, 0.1) is 13.7 Å². The van der Waals surface area contributed by atoms with E-state index in [9.17, 15) is 4.79 Å². The summed E-state index contributed by atoms with van der Waals surface area (Å²) in [6.45, 7) is 2.40. The fourth-order valence-corrected chi connectivity index (χ4v) is 0.460. The van der Waals surface area contributed by atoms with Crippen LogP contribution in [0.15, 0.2) is 0 Å². The van der Waals surface area contributed by atoms with Crippen molar-refractivity contribution in [1.82, 2.24) is 10.5 Å². The summed E-state index contributed by atoms with van der Waals surface area (Å²) < 4.78 is 0. The highest BCUT2D eigenvalue weighted by Gasteiger charge is 2.10. The largest absolute Gasteiger partial charge is 0.366 e. The Morgan fingerprint density at radius 1 is 1.64 bits per heavy atom. The van der Waals surface area contributed by atoms with Gasteiger partial charge in [0.15, 0.2) is 0 Å². The number of nitrogens with zero attached hydrogens (tertiary/aromatic N) is 1. The summed E-state index contributed by atoms with van der Waals surface area (Å²) in [4.78, 5) is 20.3. The third-order valence-corrected chi connectivity index (χ3v) is 0.958. The number of rotatable bonds is 4. The number of carbonyl (C=O) groups excluding carboxylic acids is 1. The lowest BCUT2D eigenvalue weighted by molar-refractivity contribution is -0.312. The molecule has 0 radical (unpaired) electrons. The molecule has 0 unspecified atom stereocenters. The summed E-state index contributed by atoms with van der Waals surface area (Å²) in [5.74, 6) is 0. The Labute approximate surface area is 66.2 Å². The van der Waals surface area contributed by atoms with Crippen molar-refractivity contribution >= 4 is 6.03 Å². The molecule has 0 aliphatic carbocycles. The zero-order chi connectivity index (χ0) is 8.69. The Morgan fingerprint density at radius 2 is 2.27 bits per heavy atom. The number of carbonyl (C=O) groups is 1. The van der Waals surface area contributed by atoms with E-state index in [0.717, 1.165) is 11.6 Å². The second kappa shape index (κ2) is 5.94. The van der Waals surface area contributed by atoms with Crippen molar-refractivity contribution in [2.45, 2.75) is 13.3 Å². The maximum absolute atomic E-state index is 10.8. The Morgan fingerprint density at radius 3 is 2.64 bits per heavy atom. The maximum atomic E-state index is 10.8. The van der Waals surface area contributed by atoms with E-state index in [1.165, 1.54) is 14.2 Å². The minimum Gasteiger partial charge on any atom is -0.337 e. The van der Waals surface area contributed by atoms with Crippen molar-refractivity contribution in [3.63, 3.8) is 0 Å². The third-order valence-electron chi connectivity index (χ3n) is 0.958. The van der Waals surface area contributed by atoms with Crippen molar-refractivity contribution in [2.75, 3.05) is 20.8 Å². The number of urea groups is 1. The summed E-state index contributed by atoms with van der Waals surface area (Å²) in [6, 6.07) is -0.416. The first-order valence-corrected chi connectivity index (χ1v) is 3.45. The minimum atomic E-state index is -0.416. The Balaban J connectivity index is 3.65. The normalized spacial score (nSPS) is 9.36. The first kappa shape index (κ1) is 10.2. The predicted octanol–water partition coefficient (Wildman–Crippen LogP) is 0.531. The lowest BCUT2D eigenvalue weighted by atomic mass is 10.5. The Kier molecular flexibility index (Phi) is 5.50. The average Bonchev–Trinajstić information content (AvgIpc) is 2.05. The molecule has 5 heteroatoms. The second-order valence-electron chi connectivity index (χ2n) is 1.83. The third kappa shape index (κ3) is 3.79. The zero-order valence-electron chi connectivity index (χ0n) is 7.09. The summed E-state index contributed by atoms with van der Waals surface area (Å²) >= 11 is 0. The number of hydrogen-bond donors (Lipinski definition) is 1. The van der Waals surface area contributed by atoms with E-state index in [2.05, 4.69) is 10.2 Å². The second-order valence-corrected chi connectivity index (χ2v) is 1.83. The highest BCUT2D eigenvalue weighted by atomic mass is 17.0. The fraction of sp³-hybridized carbons (Fsp3) is 0.833. The van der Waals surface area contributed by atoms with E-state index in [0.29, 0.717) is 6.61 Å². The lowest BCUT2D eigenvalue weighted by Gasteiger charge is -2.16. The number of hydrogen-bond acceptors (Lipinski definition) is 3. The highest BCUT2D eigenvalue weighted by Crippen LogP contribution is 1.92. The van der Waals surface area contributed by atoms with Gasteiger partial charge in [0.25, 0.3) is 0 Å². The molecular weight excluding hydrogens is 148 g/mol. The van der Waals surface area contributed by atoms with Crippen LogP contribution in [0.1, 0.15) is 13.3 Å². The van der Waals surface area contributed by atoms with Crippen LogP contribution in [-0.4, -0.2) is 32.0 Å². The van der Waals surface area contributed by atoms with Crippen molar-refractivity contribution in [3.8, 4) is 0 Å². The van der Waals surface area contributed by atoms with Gasteiger partial charge in [-0.25, -0.2) is 14.5 Å². The van der Waals surface area contributed by atoms with Crippen LogP contribution in [0.5, 0.6) is 0 Å². The van der Waals surface area contributed by atoms with Crippen LogP contribution in [0.3, 0.4) is 0 Å². The molecule has 0 rings (SSSR count). The molecule has 0 saturated heterocycles. The van der Waals surface area contributed by atoms with E-state index in [-0.39, 0.29) is 0 Å². The van der Waals surface area contributed by atoms with Crippen molar-refractivity contribution in [1.29, 1.82) is 0 Å². The van der Waals surface area contributed by atoms with Gasteiger partial charge in [-0.3, -0.25) is 0 Å². The number of nitrogens with one attached hydrogen (secondary N) is 1. The minimum absolute atomic E-state index is 0.416. The van der Waals surface area contributed by atoms with Gasteiger partial charge in [-0.2, -0.15) is 0 Å². The molecule has 0 aromatic heterocycles. The van der Waals surface area contributed by atoms with E-state index >= 15 is 0 Å². The standard InChI is InChI=1S/C6H14N2O3/c1-4-5-11-8(10-3)6(9)7-2/h4-5H2,1-3H3,(H,7,9). The highest BCUT2D eigenvalue weighted by molar-refractivity contribution is 5.71. The zero-order valence-corrected chi connectivity index (χ0v) is 7.09. The molecule has 11 heavy (non-hydrogen) atoms. The van der Waals surface area contributed by atoms with Crippen LogP contribution in [0.4, 0.5) is 4.79 Å². The maximum Gasteiger partial charge on any atom is 0.366 e. The molecule has 0 fully saturated rings. The Hall–Kier alpha value is -0.810. The van der Waals surface area contributed by atoms with Crippen LogP contribution >= 0.6 is 0 Å². The molecule has 0 bridgehead atoms. The van der Waals surface area contributed by atoms with Crippen LogP contribution in [-0.2, 0) is 9.68 Å². The average molecular weight is 162 g/mol. The van der Waals surface area contributed by atoms with E-state index in [4.69, 9.17) is 4.84 Å². The molecule has 0 aliphatic rings. The van der Waals surface area contributed by atoms with Gasteiger partial charge in [-0.05, 0) is 6.42 Å². The summed E-state index contributed by atoms with van der Waals surface area (Å²) in [5.41, 5.74) is 0. The van der Waals surface area contributed by atoms with E-state index in [1.54, 1.807) is 0 Å². The number of amides is 2. The van der Waals surface area contributed by atoms with Gasteiger partial charge in [0, 0.05) is 7.05 Å². The molecule has 66 valence electrons. The van der Waals surface area contributed by atoms with E-state index < -0.39 is 6.03 Å². The summed E-state index contributed by atoms with van der Waals surface area (Å²) in [6.07, 6.45) is 0.830. The van der Waals surface area contributed by atoms with Gasteiger partial charge in [0.1, 0.15) is 0 Å². The van der Waals surface area contributed by atoms with Gasteiger partial charge in [0.2, 0.25) is 0 Å². The van der Waals surface area contributed by atoms with Gasteiger partial charge in [-0.15, -0.1) is 0 Å². The van der Waals surface area contributed by atoms with Crippen LogP contribution in [0.2, 0.25) is 0 Å². The quantitative estimate of drug-likeness (QED) is 0.613. The molecular formula is C6H14N2O3. The van der Waals surface area contributed by atoms with E-state index in [1.807, 2.05) is 6.92 Å². The van der Waals surface area contributed by atoms with Crippen molar-refractivity contribution in [3.05, 3.63) is 0 Å². The first-order valence-electron chi connectivity index (χ1n) is 3.45. The Bertz CT molecular complexity index is 118. The lowest BCUT2D eigenvalue weighted by Crippen LogP contribution is -2.37. The molecule has 0 saturated carbocycles. The molecule has 0 aliphatic heterocycles. The van der Waals surface area contributed by atoms with Gasteiger partial charge >= 0.3 is 6.03 Å².